The van der Waals surface area contributed by atoms with Crippen molar-refractivity contribution < 1.29 is 27.4 Å². The first-order valence-electron chi connectivity index (χ1n) is 10.4. The number of benzene rings is 3. The van der Waals surface area contributed by atoms with Gasteiger partial charge in [-0.3, -0.25) is 9.10 Å². The molecule has 0 fully saturated rings. The number of halogens is 2. The quantitative estimate of drug-likeness (QED) is 0.296. The molecule has 0 aliphatic carbocycles. The molecule has 0 bridgehead atoms. The number of nitrogens with zero attached hydrogens (tertiary/aromatic N) is 2. The Kier molecular flexibility index (Phi) is 9.03. The Hall–Kier alpha value is -3.47. The number of sulfonamides is 1. The van der Waals surface area contributed by atoms with E-state index in [0.717, 1.165) is 4.31 Å². The molecule has 1 amide bonds. The predicted molar refractivity (Wildman–Crippen MR) is 139 cm³/mol. The largest absolute Gasteiger partial charge is 0.497 e. The van der Waals surface area contributed by atoms with Crippen LogP contribution in [0.3, 0.4) is 0 Å². The second kappa shape index (κ2) is 12.0. The van der Waals surface area contributed by atoms with Crippen LogP contribution in [-0.4, -0.2) is 48.4 Å². The van der Waals surface area contributed by atoms with Gasteiger partial charge in [-0.25, -0.2) is 13.8 Å². The molecule has 0 saturated heterocycles. The maximum Gasteiger partial charge on any atom is 0.264 e. The van der Waals surface area contributed by atoms with Crippen molar-refractivity contribution in [2.75, 3.05) is 32.2 Å². The van der Waals surface area contributed by atoms with Gasteiger partial charge in [-0.15, -0.1) is 0 Å². The van der Waals surface area contributed by atoms with Crippen molar-refractivity contribution in [3.8, 4) is 17.2 Å². The first-order valence-corrected chi connectivity index (χ1v) is 12.6. The maximum absolute atomic E-state index is 13.6. The smallest absolute Gasteiger partial charge is 0.264 e. The molecular formula is C24H23Cl2N3O6S. The van der Waals surface area contributed by atoms with E-state index in [-0.39, 0.29) is 21.4 Å². The van der Waals surface area contributed by atoms with Gasteiger partial charge in [-0.05, 0) is 42.5 Å². The molecule has 3 aromatic carbocycles. The number of rotatable bonds is 10. The Morgan fingerprint density at radius 1 is 0.972 bits per heavy atom. The number of nitrogens with one attached hydrogen (secondary N) is 1. The molecule has 1 N–H and O–H groups in total. The Morgan fingerprint density at radius 2 is 1.67 bits per heavy atom. The Morgan fingerprint density at radius 3 is 2.31 bits per heavy atom. The van der Waals surface area contributed by atoms with Crippen LogP contribution < -0.4 is 23.9 Å². The number of anilines is 1. The van der Waals surface area contributed by atoms with Crippen molar-refractivity contribution in [1.29, 1.82) is 0 Å². The monoisotopic (exact) mass is 551 g/mol. The summed E-state index contributed by atoms with van der Waals surface area (Å²) in [7, 11) is 0.118. The van der Waals surface area contributed by atoms with Crippen LogP contribution in [-0.2, 0) is 14.8 Å². The lowest BCUT2D eigenvalue weighted by Gasteiger charge is -2.24. The molecule has 0 aliphatic rings. The molecule has 0 aliphatic heterocycles. The zero-order chi connectivity index (χ0) is 26.3. The number of hydrazone groups is 1. The fourth-order valence-corrected chi connectivity index (χ4v) is 4.92. The average Bonchev–Trinajstić information content (AvgIpc) is 2.89. The molecule has 0 heterocycles. The van der Waals surface area contributed by atoms with E-state index in [1.165, 1.54) is 57.9 Å². The standard InChI is InChI=1S/C24H23Cl2N3O6S/c1-33-18-9-7-17(8-10-18)29(36(31,32)19-11-12-21(34-2)22(13-19)35-3)15-23(30)28-27-14-16-5-4-6-20(25)24(16)26/h4-14H,15H2,1-3H3,(H,28,30)/b27-14-. The lowest BCUT2D eigenvalue weighted by atomic mass is 10.2. The molecule has 12 heteroatoms. The third-order valence-electron chi connectivity index (χ3n) is 4.96. The van der Waals surface area contributed by atoms with E-state index in [9.17, 15) is 13.2 Å². The molecule has 0 aromatic heterocycles. The molecule has 3 rings (SSSR count). The van der Waals surface area contributed by atoms with Crippen LogP contribution in [0.15, 0.2) is 70.7 Å². The molecule has 0 unspecified atom stereocenters. The highest BCUT2D eigenvalue weighted by molar-refractivity contribution is 7.92. The maximum atomic E-state index is 13.6. The van der Waals surface area contributed by atoms with Gasteiger partial charge in [0.25, 0.3) is 15.9 Å². The van der Waals surface area contributed by atoms with Crippen molar-refractivity contribution in [3.63, 3.8) is 0 Å². The van der Waals surface area contributed by atoms with E-state index in [0.29, 0.717) is 22.1 Å². The normalized spacial score (nSPS) is 11.2. The van der Waals surface area contributed by atoms with Gasteiger partial charge in [0.2, 0.25) is 0 Å². The highest BCUT2D eigenvalue weighted by atomic mass is 35.5. The summed E-state index contributed by atoms with van der Waals surface area (Å²) in [5, 5.41) is 4.48. The molecule has 3 aromatic rings. The van der Waals surface area contributed by atoms with Crippen molar-refractivity contribution in [1.82, 2.24) is 5.43 Å². The lowest BCUT2D eigenvalue weighted by Crippen LogP contribution is -2.39. The van der Waals surface area contributed by atoms with Crippen LogP contribution in [0.2, 0.25) is 10.0 Å². The molecule has 0 spiro atoms. The van der Waals surface area contributed by atoms with Crippen molar-refractivity contribution in [2.45, 2.75) is 4.90 Å². The van der Waals surface area contributed by atoms with E-state index in [1.807, 2.05) is 0 Å². The number of carbonyl (C=O) groups is 1. The third-order valence-corrected chi connectivity index (χ3v) is 7.57. The zero-order valence-electron chi connectivity index (χ0n) is 19.6. The highest BCUT2D eigenvalue weighted by Crippen LogP contribution is 2.32. The van der Waals surface area contributed by atoms with Gasteiger partial charge >= 0.3 is 0 Å². The number of hydrogen-bond acceptors (Lipinski definition) is 7. The van der Waals surface area contributed by atoms with Crippen LogP contribution in [0, 0.1) is 0 Å². The number of ether oxygens (including phenoxy) is 3. The Balaban J connectivity index is 1.91. The third kappa shape index (κ3) is 6.20. The zero-order valence-corrected chi connectivity index (χ0v) is 21.9. The fourth-order valence-electron chi connectivity index (χ4n) is 3.13. The number of carbonyl (C=O) groups excluding carboxylic acids is 1. The summed E-state index contributed by atoms with van der Waals surface area (Å²) < 4.78 is 43.8. The van der Waals surface area contributed by atoms with Crippen molar-refractivity contribution in [2.24, 2.45) is 5.10 Å². The summed E-state index contributed by atoms with van der Waals surface area (Å²) in [5.74, 6) is 0.416. The summed E-state index contributed by atoms with van der Waals surface area (Å²) in [6.07, 6.45) is 1.31. The minimum atomic E-state index is -4.21. The topological polar surface area (TPSA) is 107 Å². The SMILES string of the molecule is COc1ccc(N(CC(=O)N/N=C\c2cccc(Cl)c2Cl)S(=O)(=O)c2ccc(OC)c(OC)c2)cc1. The lowest BCUT2D eigenvalue weighted by molar-refractivity contribution is -0.119. The summed E-state index contributed by atoms with van der Waals surface area (Å²) in [6.45, 7) is -0.566. The second-order valence-corrected chi connectivity index (χ2v) is 9.81. The van der Waals surface area contributed by atoms with Gasteiger partial charge in [0, 0.05) is 11.6 Å². The molecule has 0 atom stereocenters. The van der Waals surface area contributed by atoms with Gasteiger partial charge in [-0.2, -0.15) is 5.10 Å². The highest BCUT2D eigenvalue weighted by Gasteiger charge is 2.28. The van der Waals surface area contributed by atoms with E-state index in [1.54, 1.807) is 30.3 Å². The summed E-state index contributed by atoms with van der Waals surface area (Å²) in [5.41, 5.74) is 3.04. The molecular weight excluding hydrogens is 529 g/mol. The molecule has 0 saturated carbocycles. The van der Waals surface area contributed by atoms with Crippen LogP contribution in [0.25, 0.3) is 0 Å². The number of methoxy groups -OCH3 is 3. The van der Waals surface area contributed by atoms with E-state index < -0.39 is 22.5 Å². The van der Waals surface area contributed by atoms with Gasteiger partial charge in [0.1, 0.15) is 12.3 Å². The first kappa shape index (κ1) is 27.1. The molecule has 190 valence electrons. The van der Waals surface area contributed by atoms with Gasteiger partial charge in [-0.1, -0.05) is 35.3 Å². The van der Waals surface area contributed by atoms with E-state index in [2.05, 4.69) is 10.5 Å². The Labute approximate surface area is 219 Å². The summed E-state index contributed by atoms with van der Waals surface area (Å²) in [6, 6.07) is 15.3. The average molecular weight is 552 g/mol. The van der Waals surface area contributed by atoms with Gasteiger partial charge < -0.3 is 14.2 Å². The molecule has 36 heavy (non-hydrogen) atoms. The number of hydrogen-bond donors (Lipinski definition) is 1. The minimum absolute atomic E-state index is 0.0991. The van der Waals surface area contributed by atoms with Crippen molar-refractivity contribution in [3.05, 3.63) is 76.3 Å². The summed E-state index contributed by atoms with van der Waals surface area (Å²) >= 11 is 12.1. The van der Waals surface area contributed by atoms with E-state index in [4.69, 9.17) is 37.4 Å². The predicted octanol–water partition coefficient (Wildman–Crippen LogP) is 4.36. The van der Waals surface area contributed by atoms with Crippen LogP contribution in [0.1, 0.15) is 5.56 Å². The Bertz CT molecular complexity index is 1360. The van der Waals surface area contributed by atoms with Crippen LogP contribution >= 0.6 is 23.2 Å². The molecule has 0 radical (unpaired) electrons. The van der Waals surface area contributed by atoms with Crippen molar-refractivity contribution >= 4 is 51.0 Å². The van der Waals surface area contributed by atoms with E-state index >= 15 is 0 Å². The van der Waals surface area contributed by atoms with Crippen LogP contribution in [0.4, 0.5) is 5.69 Å². The summed E-state index contributed by atoms with van der Waals surface area (Å²) in [4.78, 5) is 12.6. The molecule has 9 nitrogen and oxygen atoms in total. The first-order chi connectivity index (χ1) is 17.2. The van der Waals surface area contributed by atoms with Gasteiger partial charge in [0.05, 0.1) is 48.2 Å². The van der Waals surface area contributed by atoms with Gasteiger partial charge in [0.15, 0.2) is 11.5 Å². The fraction of sp³-hybridized carbons (Fsp3) is 0.167. The second-order valence-electron chi connectivity index (χ2n) is 7.16. The minimum Gasteiger partial charge on any atom is -0.497 e. The number of amides is 1. The van der Waals surface area contributed by atoms with Crippen LogP contribution in [0.5, 0.6) is 17.2 Å².